The molecular weight excluding hydrogens is 248 g/mol. The molecule has 0 amide bonds. The Hall–Kier alpha value is -0.930. The lowest BCUT2D eigenvalue weighted by Gasteiger charge is -2.39. The predicted molar refractivity (Wildman–Crippen MR) is 74.8 cm³/mol. The lowest BCUT2D eigenvalue weighted by molar-refractivity contribution is 0.230. The van der Waals surface area contributed by atoms with E-state index in [0.717, 1.165) is 36.1 Å². The van der Waals surface area contributed by atoms with Crippen molar-refractivity contribution < 1.29 is 4.74 Å². The number of methoxy groups -OCH3 is 1. The molecule has 3 nitrogen and oxygen atoms in total. The molecular formula is C14H19ClN2O. The molecule has 3 rings (SSSR count). The van der Waals surface area contributed by atoms with Crippen LogP contribution in [0.15, 0.2) is 18.2 Å². The van der Waals surface area contributed by atoms with Gasteiger partial charge in [0.15, 0.2) is 0 Å². The van der Waals surface area contributed by atoms with Gasteiger partial charge in [0.1, 0.15) is 5.75 Å². The van der Waals surface area contributed by atoms with Crippen molar-refractivity contribution in [2.24, 2.45) is 0 Å². The first kappa shape index (κ1) is 12.1. The summed E-state index contributed by atoms with van der Waals surface area (Å²) in [6.07, 6.45) is 2.66. The second kappa shape index (κ2) is 4.98. The first-order valence-electron chi connectivity index (χ1n) is 6.60. The standard InChI is InChI=1S/C14H19ClN2O/c1-18-14-5-4-11(15)9-13(14)17-8-7-16-6-2-3-12(16)10-17/h4-5,9,12H,2-3,6-8,10H2,1H3. The monoisotopic (exact) mass is 266 g/mol. The zero-order valence-corrected chi connectivity index (χ0v) is 11.5. The molecule has 2 saturated heterocycles. The van der Waals surface area contributed by atoms with Gasteiger partial charge in [0.2, 0.25) is 0 Å². The largest absolute Gasteiger partial charge is 0.495 e. The van der Waals surface area contributed by atoms with Crippen LogP contribution in [0, 0.1) is 0 Å². The smallest absolute Gasteiger partial charge is 0.142 e. The summed E-state index contributed by atoms with van der Waals surface area (Å²) >= 11 is 6.11. The molecule has 4 heteroatoms. The number of benzene rings is 1. The molecule has 0 aromatic heterocycles. The minimum Gasteiger partial charge on any atom is -0.495 e. The van der Waals surface area contributed by atoms with Crippen LogP contribution in [0.5, 0.6) is 5.75 Å². The van der Waals surface area contributed by atoms with E-state index in [9.17, 15) is 0 Å². The van der Waals surface area contributed by atoms with E-state index in [1.54, 1.807) is 7.11 Å². The highest BCUT2D eigenvalue weighted by atomic mass is 35.5. The lowest BCUT2D eigenvalue weighted by atomic mass is 10.1. The highest BCUT2D eigenvalue weighted by molar-refractivity contribution is 6.30. The van der Waals surface area contributed by atoms with Crippen LogP contribution in [-0.2, 0) is 0 Å². The Morgan fingerprint density at radius 3 is 3.00 bits per heavy atom. The Bertz CT molecular complexity index is 438. The van der Waals surface area contributed by atoms with E-state index in [0.29, 0.717) is 6.04 Å². The van der Waals surface area contributed by atoms with Crippen LogP contribution in [0.3, 0.4) is 0 Å². The average Bonchev–Trinajstić information content (AvgIpc) is 2.85. The summed E-state index contributed by atoms with van der Waals surface area (Å²) in [6, 6.07) is 6.57. The first-order chi connectivity index (χ1) is 8.78. The second-order valence-electron chi connectivity index (χ2n) is 5.09. The molecule has 0 N–H and O–H groups in total. The summed E-state index contributed by atoms with van der Waals surface area (Å²) in [6.45, 7) is 4.58. The van der Waals surface area contributed by atoms with Gasteiger partial charge >= 0.3 is 0 Å². The fraction of sp³-hybridized carbons (Fsp3) is 0.571. The highest BCUT2D eigenvalue weighted by Gasteiger charge is 2.31. The zero-order valence-electron chi connectivity index (χ0n) is 10.7. The molecule has 98 valence electrons. The third kappa shape index (κ3) is 2.17. The van der Waals surface area contributed by atoms with Gasteiger partial charge in [-0.1, -0.05) is 11.6 Å². The van der Waals surface area contributed by atoms with Gasteiger partial charge in [-0.05, 0) is 37.6 Å². The number of halogens is 1. The third-order valence-corrected chi connectivity index (χ3v) is 4.30. The van der Waals surface area contributed by atoms with Crippen LogP contribution in [0.2, 0.25) is 5.02 Å². The van der Waals surface area contributed by atoms with E-state index >= 15 is 0 Å². The molecule has 1 atom stereocenters. The summed E-state index contributed by atoms with van der Waals surface area (Å²) in [5.74, 6) is 0.922. The maximum absolute atomic E-state index is 6.11. The van der Waals surface area contributed by atoms with Gasteiger partial charge in [0.25, 0.3) is 0 Å². The summed E-state index contributed by atoms with van der Waals surface area (Å²) < 4.78 is 5.45. The molecule has 0 spiro atoms. The van der Waals surface area contributed by atoms with E-state index in [2.05, 4.69) is 9.80 Å². The highest BCUT2D eigenvalue weighted by Crippen LogP contribution is 2.34. The number of piperazine rings is 1. The number of hydrogen-bond donors (Lipinski definition) is 0. The fourth-order valence-corrected chi connectivity index (χ4v) is 3.29. The molecule has 0 radical (unpaired) electrons. The number of ether oxygens (including phenoxy) is 1. The van der Waals surface area contributed by atoms with Crippen molar-refractivity contribution in [2.75, 3.05) is 38.2 Å². The quantitative estimate of drug-likeness (QED) is 0.819. The van der Waals surface area contributed by atoms with Crippen molar-refractivity contribution in [1.29, 1.82) is 0 Å². The molecule has 1 aromatic carbocycles. The van der Waals surface area contributed by atoms with Crippen molar-refractivity contribution in [2.45, 2.75) is 18.9 Å². The van der Waals surface area contributed by atoms with Crippen LogP contribution < -0.4 is 9.64 Å². The molecule has 2 aliphatic rings. The van der Waals surface area contributed by atoms with Crippen molar-refractivity contribution >= 4 is 17.3 Å². The Labute approximate surface area is 113 Å². The van der Waals surface area contributed by atoms with Gasteiger partial charge in [-0.25, -0.2) is 0 Å². The maximum atomic E-state index is 6.11. The topological polar surface area (TPSA) is 15.7 Å². The van der Waals surface area contributed by atoms with E-state index in [-0.39, 0.29) is 0 Å². The first-order valence-corrected chi connectivity index (χ1v) is 6.98. The minimum absolute atomic E-state index is 0.711. The SMILES string of the molecule is COc1ccc(Cl)cc1N1CCN2CCCC2C1. The maximum Gasteiger partial charge on any atom is 0.142 e. The van der Waals surface area contributed by atoms with Crippen LogP contribution in [0.1, 0.15) is 12.8 Å². The van der Waals surface area contributed by atoms with Crippen molar-refractivity contribution in [1.82, 2.24) is 4.90 Å². The van der Waals surface area contributed by atoms with Crippen LogP contribution in [0.4, 0.5) is 5.69 Å². The number of fused-ring (bicyclic) bond motifs is 1. The summed E-state index contributed by atoms with van der Waals surface area (Å²) in [5, 5.41) is 0.777. The van der Waals surface area contributed by atoms with Crippen LogP contribution >= 0.6 is 11.6 Å². The van der Waals surface area contributed by atoms with Gasteiger partial charge < -0.3 is 9.64 Å². The third-order valence-electron chi connectivity index (χ3n) is 4.07. The van der Waals surface area contributed by atoms with Crippen LogP contribution in [-0.4, -0.2) is 44.2 Å². The summed E-state index contributed by atoms with van der Waals surface area (Å²) in [7, 11) is 1.72. The molecule has 2 fully saturated rings. The van der Waals surface area contributed by atoms with Gasteiger partial charge in [-0.15, -0.1) is 0 Å². The minimum atomic E-state index is 0.711. The zero-order chi connectivity index (χ0) is 12.5. The molecule has 1 aromatic rings. The van der Waals surface area contributed by atoms with Crippen molar-refractivity contribution in [3.05, 3.63) is 23.2 Å². The van der Waals surface area contributed by atoms with E-state index in [1.807, 2.05) is 18.2 Å². The summed E-state index contributed by atoms with van der Waals surface area (Å²) in [5.41, 5.74) is 1.14. The molecule has 2 aliphatic heterocycles. The Morgan fingerprint density at radius 1 is 1.28 bits per heavy atom. The second-order valence-corrected chi connectivity index (χ2v) is 5.53. The molecule has 0 saturated carbocycles. The number of rotatable bonds is 2. The Kier molecular flexibility index (Phi) is 3.35. The fourth-order valence-electron chi connectivity index (χ4n) is 3.12. The van der Waals surface area contributed by atoms with E-state index < -0.39 is 0 Å². The molecule has 18 heavy (non-hydrogen) atoms. The molecule has 1 unspecified atom stereocenters. The lowest BCUT2D eigenvalue weighted by Crippen LogP contribution is -2.50. The van der Waals surface area contributed by atoms with Crippen LogP contribution in [0.25, 0.3) is 0 Å². The molecule has 0 bridgehead atoms. The summed E-state index contributed by atoms with van der Waals surface area (Å²) in [4.78, 5) is 5.02. The van der Waals surface area contributed by atoms with Gasteiger partial charge in [-0.2, -0.15) is 0 Å². The normalized spacial score (nSPS) is 24.1. The van der Waals surface area contributed by atoms with Gasteiger partial charge in [0.05, 0.1) is 12.8 Å². The van der Waals surface area contributed by atoms with Gasteiger partial charge in [-0.3, -0.25) is 4.90 Å². The number of nitrogens with zero attached hydrogens (tertiary/aromatic N) is 2. The predicted octanol–water partition coefficient (Wildman–Crippen LogP) is 2.63. The van der Waals surface area contributed by atoms with Crippen molar-refractivity contribution in [3.63, 3.8) is 0 Å². The van der Waals surface area contributed by atoms with E-state index in [4.69, 9.17) is 16.3 Å². The van der Waals surface area contributed by atoms with E-state index in [1.165, 1.54) is 19.4 Å². The Balaban J connectivity index is 1.84. The molecule has 2 heterocycles. The average molecular weight is 267 g/mol. The molecule has 0 aliphatic carbocycles. The van der Waals surface area contributed by atoms with Crippen molar-refractivity contribution in [3.8, 4) is 5.75 Å². The Morgan fingerprint density at radius 2 is 2.17 bits per heavy atom. The number of hydrogen-bond acceptors (Lipinski definition) is 3. The number of anilines is 1. The van der Waals surface area contributed by atoms with Gasteiger partial charge in [0, 0.05) is 30.7 Å².